The number of carbonyl (C=O) groups excluding carboxylic acids is 2. The smallest absolute Gasteiger partial charge is 0.310 e. The van der Waals surface area contributed by atoms with Gasteiger partial charge in [0.25, 0.3) is 5.91 Å². The molecule has 0 radical (unpaired) electrons. The summed E-state index contributed by atoms with van der Waals surface area (Å²) in [6, 6.07) is 15.1. The van der Waals surface area contributed by atoms with E-state index < -0.39 is 5.97 Å². The number of ether oxygens (including phenoxy) is 1. The minimum absolute atomic E-state index is 0.169. The van der Waals surface area contributed by atoms with Gasteiger partial charge < -0.3 is 10.1 Å². The summed E-state index contributed by atoms with van der Waals surface area (Å²) in [4.78, 5) is 24.7. The molecule has 0 unspecified atom stereocenters. The molecule has 120 valence electrons. The van der Waals surface area contributed by atoms with Crippen LogP contribution in [0.5, 0.6) is 0 Å². The second kappa shape index (κ2) is 8.39. The van der Waals surface area contributed by atoms with Gasteiger partial charge in [0.05, 0.1) is 6.42 Å². The van der Waals surface area contributed by atoms with E-state index in [1.165, 1.54) is 0 Å². The average molecular weight is 329 g/mol. The maximum Gasteiger partial charge on any atom is 0.310 e. The Hall–Kier alpha value is -2.27. The first-order valence-corrected chi connectivity index (χ1v) is 8.45. The van der Waals surface area contributed by atoms with E-state index >= 15 is 0 Å². The first kappa shape index (κ1) is 17.1. The van der Waals surface area contributed by atoms with E-state index in [0.717, 1.165) is 16.0 Å². The maximum absolute atomic E-state index is 11.8. The summed E-state index contributed by atoms with van der Waals surface area (Å²) in [5.74, 6) is -0.757. The third-order valence-corrected chi connectivity index (χ3v) is 4.08. The van der Waals surface area contributed by atoms with Crippen LogP contribution >= 0.6 is 11.8 Å². The van der Waals surface area contributed by atoms with Gasteiger partial charge in [-0.15, -0.1) is 11.8 Å². The molecule has 0 aromatic heterocycles. The normalized spacial score (nSPS) is 10.2. The second-order valence-corrected chi connectivity index (χ2v) is 5.92. The van der Waals surface area contributed by atoms with E-state index in [1.54, 1.807) is 11.8 Å². The molecule has 5 heteroatoms. The monoisotopic (exact) mass is 329 g/mol. The Morgan fingerprint density at radius 3 is 2.43 bits per heavy atom. The molecule has 2 aromatic carbocycles. The van der Waals surface area contributed by atoms with Crippen LogP contribution in [0.3, 0.4) is 0 Å². The molecule has 0 aliphatic rings. The zero-order chi connectivity index (χ0) is 16.7. The molecule has 4 nitrogen and oxygen atoms in total. The zero-order valence-electron chi connectivity index (χ0n) is 13.2. The summed E-state index contributed by atoms with van der Waals surface area (Å²) >= 11 is 1.63. The number of nitrogens with one attached hydrogen (secondary N) is 1. The number of carbonyl (C=O) groups is 2. The highest BCUT2D eigenvalue weighted by Gasteiger charge is 2.10. The quantitative estimate of drug-likeness (QED) is 0.651. The van der Waals surface area contributed by atoms with Crippen molar-refractivity contribution in [3.63, 3.8) is 0 Å². The van der Waals surface area contributed by atoms with Gasteiger partial charge in [-0.3, -0.25) is 9.59 Å². The molecule has 0 saturated heterocycles. The van der Waals surface area contributed by atoms with E-state index in [4.69, 9.17) is 4.74 Å². The van der Waals surface area contributed by atoms with Crippen LogP contribution in [-0.2, 0) is 20.7 Å². The summed E-state index contributed by atoms with van der Waals surface area (Å²) in [6.07, 6.45) is 2.16. The van der Waals surface area contributed by atoms with Gasteiger partial charge in [-0.05, 0) is 48.6 Å². The topological polar surface area (TPSA) is 55.4 Å². The molecule has 23 heavy (non-hydrogen) atoms. The Kier molecular flexibility index (Phi) is 6.23. The summed E-state index contributed by atoms with van der Waals surface area (Å²) < 4.78 is 5.02. The summed E-state index contributed by atoms with van der Waals surface area (Å²) in [5, 5.41) is 2.70. The first-order valence-electron chi connectivity index (χ1n) is 7.22. The van der Waals surface area contributed by atoms with Gasteiger partial charge in [0.1, 0.15) is 0 Å². The molecule has 0 aliphatic heterocycles. The lowest BCUT2D eigenvalue weighted by Crippen LogP contribution is -2.21. The molecular weight excluding hydrogens is 310 g/mol. The van der Waals surface area contributed by atoms with Crippen molar-refractivity contribution in [3.8, 4) is 0 Å². The predicted octanol–water partition coefficient (Wildman–Crippen LogP) is 3.44. The molecule has 0 fully saturated rings. The number of anilines is 1. The van der Waals surface area contributed by atoms with Crippen molar-refractivity contribution in [2.75, 3.05) is 18.2 Å². The van der Waals surface area contributed by atoms with Gasteiger partial charge in [0.2, 0.25) is 0 Å². The standard InChI is InChI=1S/C18H19NO3S/c1-13-5-3-4-6-14(13)11-18(21)22-12-17(20)19-15-7-9-16(23-2)10-8-15/h3-10H,11-12H2,1-2H3,(H,19,20). The fourth-order valence-electron chi connectivity index (χ4n) is 2.03. The number of thioether (sulfide) groups is 1. The van der Waals surface area contributed by atoms with Gasteiger partial charge in [-0.1, -0.05) is 24.3 Å². The lowest BCUT2D eigenvalue weighted by Gasteiger charge is -2.08. The van der Waals surface area contributed by atoms with Crippen LogP contribution in [0, 0.1) is 6.92 Å². The first-order chi connectivity index (χ1) is 11.1. The van der Waals surface area contributed by atoms with Crippen LogP contribution in [0.25, 0.3) is 0 Å². The van der Waals surface area contributed by atoms with Gasteiger partial charge in [0, 0.05) is 10.6 Å². The fourth-order valence-corrected chi connectivity index (χ4v) is 2.44. The minimum Gasteiger partial charge on any atom is -0.455 e. The van der Waals surface area contributed by atoms with E-state index in [1.807, 2.05) is 61.7 Å². The molecule has 0 bridgehead atoms. The van der Waals surface area contributed by atoms with Crippen molar-refractivity contribution in [3.05, 3.63) is 59.7 Å². The molecule has 1 amide bonds. The Morgan fingerprint density at radius 1 is 1.09 bits per heavy atom. The number of rotatable bonds is 6. The van der Waals surface area contributed by atoms with Gasteiger partial charge in [-0.25, -0.2) is 0 Å². The van der Waals surface area contributed by atoms with Crippen molar-refractivity contribution < 1.29 is 14.3 Å². The summed E-state index contributed by atoms with van der Waals surface area (Å²) in [5.41, 5.74) is 2.62. The number of hydrogen-bond donors (Lipinski definition) is 1. The SMILES string of the molecule is CSc1ccc(NC(=O)COC(=O)Cc2ccccc2C)cc1. The largest absolute Gasteiger partial charge is 0.455 e. The molecule has 0 spiro atoms. The molecule has 0 aliphatic carbocycles. The van der Waals surface area contributed by atoms with E-state index in [2.05, 4.69) is 5.32 Å². The van der Waals surface area contributed by atoms with Crippen LogP contribution in [0.2, 0.25) is 0 Å². The van der Waals surface area contributed by atoms with Gasteiger partial charge in [0.15, 0.2) is 6.61 Å². The second-order valence-electron chi connectivity index (χ2n) is 5.04. The highest BCUT2D eigenvalue weighted by atomic mass is 32.2. The van der Waals surface area contributed by atoms with E-state index in [0.29, 0.717) is 5.69 Å². The van der Waals surface area contributed by atoms with Crippen LogP contribution in [0.1, 0.15) is 11.1 Å². The molecule has 0 atom stereocenters. The van der Waals surface area contributed by atoms with Gasteiger partial charge in [-0.2, -0.15) is 0 Å². The van der Waals surface area contributed by atoms with Crippen LogP contribution in [0.15, 0.2) is 53.4 Å². The predicted molar refractivity (Wildman–Crippen MR) is 92.7 cm³/mol. The van der Waals surface area contributed by atoms with Crippen LogP contribution < -0.4 is 5.32 Å². The third kappa shape index (κ3) is 5.45. The van der Waals surface area contributed by atoms with Crippen LogP contribution in [0.4, 0.5) is 5.69 Å². The zero-order valence-corrected chi connectivity index (χ0v) is 14.0. The Bertz CT molecular complexity index is 683. The fraction of sp³-hybridized carbons (Fsp3) is 0.222. The lowest BCUT2D eigenvalue weighted by molar-refractivity contribution is -0.146. The highest BCUT2D eigenvalue weighted by molar-refractivity contribution is 7.98. The summed E-state index contributed by atoms with van der Waals surface area (Å²) in [6.45, 7) is 1.66. The molecule has 0 heterocycles. The van der Waals surface area contributed by atoms with E-state index in [-0.39, 0.29) is 18.9 Å². The maximum atomic E-state index is 11.8. The number of amides is 1. The van der Waals surface area contributed by atoms with Gasteiger partial charge >= 0.3 is 5.97 Å². The molecule has 0 saturated carbocycles. The summed E-state index contributed by atoms with van der Waals surface area (Å²) in [7, 11) is 0. The number of benzene rings is 2. The third-order valence-electron chi connectivity index (χ3n) is 3.33. The molecule has 1 N–H and O–H groups in total. The highest BCUT2D eigenvalue weighted by Crippen LogP contribution is 2.17. The van der Waals surface area contributed by atoms with Crippen molar-refractivity contribution >= 4 is 29.3 Å². The van der Waals surface area contributed by atoms with Crippen molar-refractivity contribution in [2.24, 2.45) is 0 Å². The molecular formula is C18H19NO3S. The number of esters is 1. The van der Waals surface area contributed by atoms with Crippen molar-refractivity contribution in [2.45, 2.75) is 18.2 Å². The van der Waals surface area contributed by atoms with Crippen molar-refractivity contribution in [1.29, 1.82) is 0 Å². The average Bonchev–Trinajstić information content (AvgIpc) is 2.56. The number of aryl methyl sites for hydroxylation is 1. The number of hydrogen-bond acceptors (Lipinski definition) is 4. The minimum atomic E-state index is -0.410. The van der Waals surface area contributed by atoms with Crippen LogP contribution in [-0.4, -0.2) is 24.7 Å². The molecule has 2 rings (SSSR count). The molecule has 2 aromatic rings. The lowest BCUT2D eigenvalue weighted by atomic mass is 10.1. The Morgan fingerprint density at radius 2 is 1.78 bits per heavy atom. The Balaban J connectivity index is 1.79. The van der Waals surface area contributed by atoms with Crippen molar-refractivity contribution in [1.82, 2.24) is 0 Å². The Labute approximate surface area is 140 Å². The van der Waals surface area contributed by atoms with E-state index in [9.17, 15) is 9.59 Å².